The van der Waals surface area contributed by atoms with Crippen molar-refractivity contribution in [2.75, 3.05) is 12.4 Å². The molecule has 0 unspecified atom stereocenters. The normalized spacial score (nSPS) is 9.38. The van der Waals surface area contributed by atoms with Gasteiger partial charge in [0.1, 0.15) is 18.0 Å². The minimum atomic E-state index is -0.551. The van der Waals surface area contributed by atoms with E-state index >= 15 is 0 Å². The molecule has 5 heteroatoms. The van der Waals surface area contributed by atoms with Crippen molar-refractivity contribution in [3.63, 3.8) is 0 Å². The number of halogens is 1. The van der Waals surface area contributed by atoms with Crippen molar-refractivity contribution < 1.29 is 13.9 Å². The van der Waals surface area contributed by atoms with Crippen LogP contribution in [0.3, 0.4) is 0 Å². The van der Waals surface area contributed by atoms with Crippen LogP contribution >= 0.6 is 0 Å². The van der Waals surface area contributed by atoms with Gasteiger partial charge in [-0.05, 0) is 18.6 Å². The van der Waals surface area contributed by atoms with Crippen molar-refractivity contribution in [3.8, 4) is 11.8 Å². The highest BCUT2D eigenvalue weighted by molar-refractivity contribution is 5.92. The molecule has 16 heavy (non-hydrogen) atoms. The van der Waals surface area contributed by atoms with Crippen LogP contribution < -0.4 is 10.1 Å². The number of nitrogens with zero attached hydrogens (tertiary/aromatic N) is 1. The number of hydrogen-bond donors (Lipinski definition) is 1. The number of hydrogen-bond acceptors (Lipinski definition) is 3. The zero-order valence-corrected chi connectivity index (χ0v) is 9.00. The fraction of sp³-hybridized carbons (Fsp3) is 0.273. The molecular formula is C11H11FN2O2. The quantitative estimate of drug-likeness (QED) is 0.850. The number of benzene rings is 1. The second-order valence-corrected chi connectivity index (χ2v) is 3.18. The predicted molar refractivity (Wildman–Crippen MR) is 56.5 cm³/mol. The summed E-state index contributed by atoms with van der Waals surface area (Å²) in [6.07, 6.45) is -0.310. The van der Waals surface area contributed by atoms with E-state index in [1.807, 2.05) is 0 Å². The minimum absolute atomic E-state index is 0.0164. The summed E-state index contributed by atoms with van der Waals surface area (Å²) in [7, 11) is 1.46. The summed E-state index contributed by atoms with van der Waals surface area (Å²) in [5.74, 6) is -0.620. The van der Waals surface area contributed by atoms with Crippen LogP contribution in [-0.4, -0.2) is 13.0 Å². The fourth-order valence-electron chi connectivity index (χ4n) is 1.23. The van der Waals surface area contributed by atoms with Crippen LogP contribution in [0.15, 0.2) is 12.1 Å². The van der Waals surface area contributed by atoms with Gasteiger partial charge in [0.15, 0.2) is 0 Å². The Kier molecular flexibility index (Phi) is 3.84. The molecule has 4 nitrogen and oxygen atoms in total. The molecule has 0 aromatic heterocycles. The van der Waals surface area contributed by atoms with E-state index in [4.69, 9.17) is 10.00 Å². The van der Waals surface area contributed by atoms with Crippen LogP contribution in [0, 0.1) is 24.1 Å². The number of aryl methyl sites for hydroxylation is 1. The van der Waals surface area contributed by atoms with Crippen molar-refractivity contribution in [1.82, 2.24) is 0 Å². The fourth-order valence-corrected chi connectivity index (χ4v) is 1.23. The van der Waals surface area contributed by atoms with Gasteiger partial charge in [0.2, 0.25) is 5.91 Å². The SMILES string of the molecule is COc1cc(NC(=O)CC#N)c(F)cc1C. The molecule has 0 heterocycles. The summed E-state index contributed by atoms with van der Waals surface area (Å²) in [4.78, 5) is 11.1. The molecule has 1 aromatic carbocycles. The number of carbonyl (C=O) groups is 1. The van der Waals surface area contributed by atoms with Crippen molar-refractivity contribution in [2.24, 2.45) is 0 Å². The number of rotatable bonds is 3. The second-order valence-electron chi connectivity index (χ2n) is 3.18. The number of carbonyl (C=O) groups excluding carboxylic acids is 1. The molecular weight excluding hydrogens is 211 g/mol. The topological polar surface area (TPSA) is 62.1 Å². The van der Waals surface area contributed by atoms with Gasteiger partial charge >= 0.3 is 0 Å². The Bertz CT molecular complexity index is 452. The summed E-state index contributed by atoms with van der Waals surface area (Å²) in [6.45, 7) is 1.70. The third-order valence-corrected chi connectivity index (χ3v) is 2.00. The van der Waals surface area contributed by atoms with Gasteiger partial charge in [0.25, 0.3) is 0 Å². The minimum Gasteiger partial charge on any atom is -0.496 e. The maximum absolute atomic E-state index is 13.4. The smallest absolute Gasteiger partial charge is 0.238 e. The average molecular weight is 222 g/mol. The third kappa shape index (κ3) is 2.70. The number of nitriles is 1. The summed E-state index contributed by atoms with van der Waals surface area (Å²) < 4.78 is 18.4. The highest BCUT2D eigenvalue weighted by Crippen LogP contribution is 2.25. The molecule has 0 bridgehead atoms. The van der Waals surface area contributed by atoms with E-state index < -0.39 is 11.7 Å². The largest absolute Gasteiger partial charge is 0.496 e. The highest BCUT2D eigenvalue weighted by atomic mass is 19.1. The molecule has 0 spiro atoms. The van der Waals surface area contributed by atoms with E-state index in [9.17, 15) is 9.18 Å². The zero-order valence-electron chi connectivity index (χ0n) is 9.00. The highest BCUT2D eigenvalue weighted by Gasteiger charge is 2.10. The molecule has 0 atom stereocenters. The van der Waals surface area contributed by atoms with Crippen molar-refractivity contribution in [1.29, 1.82) is 5.26 Å². The van der Waals surface area contributed by atoms with E-state index in [2.05, 4.69) is 5.32 Å². The van der Waals surface area contributed by atoms with Gasteiger partial charge in [0, 0.05) is 6.07 Å². The summed E-state index contributed by atoms with van der Waals surface area (Å²) in [5.41, 5.74) is 0.654. The molecule has 0 fully saturated rings. The van der Waals surface area contributed by atoms with Crippen LogP contribution in [0.4, 0.5) is 10.1 Å². The number of nitrogens with one attached hydrogen (secondary N) is 1. The monoisotopic (exact) mass is 222 g/mol. The number of methoxy groups -OCH3 is 1. The molecule has 1 aromatic rings. The van der Waals surface area contributed by atoms with E-state index in [-0.39, 0.29) is 12.1 Å². The number of ether oxygens (including phenoxy) is 1. The summed E-state index contributed by atoms with van der Waals surface area (Å²) >= 11 is 0. The summed E-state index contributed by atoms with van der Waals surface area (Å²) in [5, 5.41) is 10.6. The van der Waals surface area contributed by atoms with E-state index in [0.717, 1.165) is 0 Å². The summed E-state index contributed by atoms with van der Waals surface area (Å²) in [6, 6.07) is 4.33. The Hall–Kier alpha value is -2.09. The van der Waals surface area contributed by atoms with Gasteiger partial charge < -0.3 is 10.1 Å². The van der Waals surface area contributed by atoms with Crippen LogP contribution in [0.5, 0.6) is 5.75 Å². The first-order valence-electron chi connectivity index (χ1n) is 4.59. The Labute approximate surface area is 92.6 Å². The average Bonchev–Trinajstić information content (AvgIpc) is 2.22. The zero-order chi connectivity index (χ0) is 12.1. The lowest BCUT2D eigenvalue weighted by Gasteiger charge is -2.09. The molecule has 1 N–H and O–H groups in total. The van der Waals surface area contributed by atoms with Gasteiger partial charge in [-0.2, -0.15) is 5.26 Å². The molecule has 1 rings (SSSR count). The first-order valence-corrected chi connectivity index (χ1v) is 4.59. The molecule has 0 saturated heterocycles. The van der Waals surface area contributed by atoms with Crippen LogP contribution in [0.25, 0.3) is 0 Å². The first-order chi connectivity index (χ1) is 7.58. The van der Waals surface area contributed by atoms with Crippen molar-refractivity contribution in [2.45, 2.75) is 13.3 Å². The molecule has 0 saturated carbocycles. The van der Waals surface area contributed by atoms with Gasteiger partial charge in [-0.3, -0.25) is 4.79 Å². The van der Waals surface area contributed by atoms with Crippen LogP contribution in [0.2, 0.25) is 0 Å². The van der Waals surface area contributed by atoms with E-state index in [0.29, 0.717) is 11.3 Å². The Balaban J connectivity index is 2.96. The van der Waals surface area contributed by atoms with E-state index in [1.165, 1.54) is 19.2 Å². The Morgan fingerprint density at radius 1 is 1.62 bits per heavy atom. The van der Waals surface area contributed by atoms with Gasteiger partial charge in [-0.25, -0.2) is 4.39 Å². The predicted octanol–water partition coefficient (Wildman–Crippen LogP) is 1.99. The molecule has 0 aliphatic heterocycles. The van der Waals surface area contributed by atoms with Gasteiger partial charge in [0.05, 0.1) is 18.9 Å². The van der Waals surface area contributed by atoms with E-state index in [1.54, 1.807) is 13.0 Å². The van der Waals surface area contributed by atoms with Crippen molar-refractivity contribution in [3.05, 3.63) is 23.5 Å². The maximum atomic E-state index is 13.4. The molecule has 84 valence electrons. The lowest BCUT2D eigenvalue weighted by Crippen LogP contribution is -2.11. The van der Waals surface area contributed by atoms with Gasteiger partial charge in [-0.1, -0.05) is 0 Å². The Morgan fingerprint density at radius 2 is 2.31 bits per heavy atom. The van der Waals surface area contributed by atoms with Gasteiger partial charge in [-0.15, -0.1) is 0 Å². The molecule has 0 radical (unpaired) electrons. The lowest BCUT2D eigenvalue weighted by molar-refractivity contribution is -0.115. The lowest BCUT2D eigenvalue weighted by atomic mass is 10.2. The molecule has 0 aliphatic rings. The Morgan fingerprint density at radius 3 is 2.88 bits per heavy atom. The third-order valence-electron chi connectivity index (χ3n) is 2.00. The maximum Gasteiger partial charge on any atom is 0.238 e. The standard InChI is InChI=1S/C11H11FN2O2/c1-7-5-8(12)9(6-10(7)16-2)14-11(15)3-4-13/h5-6H,3H2,1-2H3,(H,14,15). The molecule has 1 amide bonds. The first kappa shape index (κ1) is 12.0. The van der Waals surface area contributed by atoms with Crippen LogP contribution in [-0.2, 0) is 4.79 Å². The number of anilines is 1. The number of amides is 1. The molecule has 0 aliphatic carbocycles. The van der Waals surface area contributed by atoms with Crippen LogP contribution in [0.1, 0.15) is 12.0 Å². The van der Waals surface area contributed by atoms with Crippen molar-refractivity contribution >= 4 is 11.6 Å². The second kappa shape index (κ2) is 5.12.